The number of hydrogen-bond donors (Lipinski definition) is 0. The van der Waals surface area contributed by atoms with Gasteiger partial charge in [-0.05, 0) is 12.5 Å². The van der Waals surface area contributed by atoms with Gasteiger partial charge in [-0.1, -0.05) is 0 Å². The van der Waals surface area contributed by atoms with Crippen molar-refractivity contribution < 1.29 is 27.0 Å². The molecule has 7 heteroatoms. The largest absolute Gasteiger partial charge is 0.493 e. The van der Waals surface area contributed by atoms with E-state index in [0.717, 1.165) is 6.07 Å². The Morgan fingerprint density at radius 3 is 2.16 bits per heavy atom. The fraction of sp³-hybridized carbons (Fsp3) is 0.500. The first kappa shape index (κ1) is 15.9. The van der Waals surface area contributed by atoms with Crippen LogP contribution in [0.1, 0.15) is 23.8 Å². The number of alkyl halides is 4. The molecule has 0 N–H and O–H groups in total. The van der Waals surface area contributed by atoms with Crippen LogP contribution in [0.5, 0.6) is 11.5 Å². The second-order valence-electron chi connectivity index (χ2n) is 3.85. The molecule has 0 saturated carbocycles. The summed E-state index contributed by atoms with van der Waals surface area (Å²) >= 11 is 5.81. The van der Waals surface area contributed by atoms with Gasteiger partial charge < -0.3 is 9.47 Å². The summed E-state index contributed by atoms with van der Waals surface area (Å²) < 4.78 is 59.9. The van der Waals surface area contributed by atoms with Gasteiger partial charge in [0.05, 0.1) is 19.6 Å². The molecule has 0 bridgehead atoms. The first-order valence-electron chi connectivity index (χ1n) is 5.40. The van der Waals surface area contributed by atoms with Crippen molar-refractivity contribution >= 4 is 11.6 Å². The molecule has 1 aromatic rings. The minimum Gasteiger partial charge on any atom is -0.493 e. The Bertz CT molecular complexity index is 434. The lowest BCUT2D eigenvalue weighted by atomic mass is 10.1. The Morgan fingerprint density at radius 1 is 1.16 bits per heavy atom. The van der Waals surface area contributed by atoms with Gasteiger partial charge in [0.1, 0.15) is 5.82 Å². The van der Waals surface area contributed by atoms with Crippen LogP contribution in [0.25, 0.3) is 0 Å². The maximum atomic E-state index is 13.7. The minimum absolute atomic E-state index is 0.0384. The van der Waals surface area contributed by atoms with E-state index < -0.39 is 30.2 Å². The zero-order valence-electron chi connectivity index (χ0n) is 10.4. The second kappa shape index (κ2) is 6.32. The molecule has 108 valence electrons. The normalized spacial score (nSPS) is 13.2. The van der Waals surface area contributed by atoms with Gasteiger partial charge in [-0.25, -0.2) is 4.39 Å². The Balaban J connectivity index is 2.93. The van der Waals surface area contributed by atoms with E-state index in [2.05, 4.69) is 0 Å². The Labute approximate surface area is 113 Å². The van der Waals surface area contributed by atoms with Gasteiger partial charge in [-0.15, -0.1) is 11.6 Å². The molecule has 0 aliphatic rings. The summed E-state index contributed by atoms with van der Waals surface area (Å²) in [6.45, 7) is 0. The molecule has 0 amide bonds. The Kier molecular flexibility index (Phi) is 5.29. The summed E-state index contributed by atoms with van der Waals surface area (Å²) in [5.74, 6) is -0.347. The predicted molar refractivity (Wildman–Crippen MR) is 63.4 cm³/mol. The van der Waals surface area contributed by atoms with E-state index in [-0.39, 0.29) is 17.1 Å². The maximum Gasteiger partial charge on any atom is 0.389 e. The van der Waals surface area contributed by atoms with E-state index in [1.54, 1.807) is 0 Å². The number of methoxy groups -OCH3 is 2. The van der Waals surface area contributed by atoms with Gasteiger partial charge in [-0.3, -0.25) is 0 Å². The molecule has 0 spiro atoms. The lowest BCUT2D eigenvalue weighted by molar-refractivity contribution is -0.135. The zero-order valence-corrected chi connectivity index (χ0v) is 11.1. The highest BCUT2D eigenvalue weighted by molar-refractivity contribution is 6.20. The van der Waals surface area contributed by atoms with E-state index in [0.29, 0.717) is 0 Å². The van der Waals surface area contributed by atoms with Crippen molar-refractivity contribution in [3.63, 3.8) is 0 Å². The van der Waals surface area contributed by atoms with Crippen molar-refractivity contribution in [3.05, 3.63) is 23.5 Å². The molecule has 0 fully saturated rings. The molecule has 0 radical (unpaired) electrons. The highest BCUT2D eigenvalue weighted by Crippen LogP contribution is 2.37. The Hall–Kier alpha value is -1.17. The standard InChI is InChI=1S/C12H13ClF4O2/c1-18-10-5-7(9(14)6-11(10)19-2)8(13)3-4-12(15,16)17/h5-6,8H,3-4H2,1-2H3. The molecule has 0 aliphatic carbocycles. The third kappa shape index (κ3) is 4.45. The molecule has 1 unspecified atom stereocenters. The van der Waals surface area contributed by atoms with Crippen molar-refractivity contribution in [2.45, 2.75) is 24.4 Å². The van der Waals surface area contributed by atoms with Gasteiger partial charge in [-0.2, -0.15) is 13.2 Å². The molecule has 2 nitrogen and oxygen atoms in total. The highest BCUT2D eigenvalue weighted by atomic mass is 35.5. The number of halogens is 5. The lowest BCUT2D eigenvalue weighted by Gasteiger charge is -2.15. The van der Waals surface area contributed by atoms with Crippen LogP contribution in [0.4, 0.5) is 17.6 Å². The summed E-state index contributed by atoms with van der Waals surface area (Å²) in [6.07, 6.45) is -5.80. The van der Waals surface area contributed by atoms with E-state index in [1.165, 1.54) is 20.3 Å². The molecule has 0 heterocycles. The first-order valence-corrected chi connectivity index (χ1v) is 5.84. The number of hydrogen-bond acceptors (Lipinski definition) is 2. The lowest BCUT2D eigenvalue weighted by Crippen LogP contribution is -2.09. The van der Waals surface area contributed by atoms with Gasteiger partial charge in [0.2, 0.25) is 0 Å². The van der Waals surface area contributed by atoms with Gasteiger partial charge in [0.25, 0.3) is 0 Å². The van der Waals surface area contributed by atoms with Crippen LogP contribution in [-0.2, 0) is 0 Å². The fourth-order valence-electron chi connectivity index (χ4n) is 1.56. The average Bonchev–Trinajstić information content (AvgIpc) is 2.34. The topological polar surface area (TPSA) is 18.5 Å². The zero-order chi connectivity index (χ0) is 14.6. The maximum absolute atomic E-state index is 13.7. The third-order valence-electron chi connectivity index (χ3n) is 2.52. The number of rotatable bonds is 5. The van der Waals surface area contributed by atoms with Crippen LogP contribution in [0, 0.1) is 5.82 Å². The molecule has 1 aromatic carbocycles. The van der Waals surface area contributed by atoms with Crippen LogP contribution >= 0.6 is 11.6 Å². The van der Waals surface area contributed by atoms with Crippen LogP contribution < -0.4 is 9.47 Å². The van der Waals surface area contributed by atoms with Crippen molar-refractivity contribution in [2.75, 3.05) is 14.2 Å². The third-order valence-corrected chi connectivity index (χ3v) is 2.97. The van der Waals surface area contributed by atoms with Crippen LogP contribution in [0.3, 0.4) is 0 Å². The minimum atomic E-state index is -4.32. The Morgan fingerprint density at radius 2 is 1.68 bits per heavy atom. The van der Waals surface area contributed by atoms with Crippen molar-refractivity contribution in [1.82, 2.24) is 0 Å². The van der Waals surface area contributed by atoms with E-state index >= 15 is 0 Å². The van der Waals surface area contributed by atoms with Crippen LogP contribution in [0.15, 0.2) is 12.1 Å². The van der Waals surface area contributed by atoms with Crippen molar-refractivity contribution in [1.29, 1.82) is 0 Å². The quantitative estimate of drug-likeness (QED) is 0.590. The van der Waals surface area contributed by atoms with E-state index in [1.807, 2.05) is 0 Å². The highest BCUT2D eigenvalue weighted by Gasteiger charge is 2.29. The summed E-state index contributed by atoms with van der Waals surface area (Å²) in [5.41, 5.74) is -0.0384. The summed E-state index contributed by atoms with van der Waals surface area (Å²) in [6, 6.07) is 2.29. The fourth-order valence-corrected chi connectivity index (χ4v) is 1.83. The SMILES string of the molecule is COc1cc(F)c(C(Cl)CCC(F)(F)F)cc1OC. The second-order valence-corrected chi connectivity index (χ2v) is 4.38. The van der Waals surface area contributed by atoms with E-state index in [4.69, 9.17) is 21.1 Å². The molecular weight excluding hydrogens is 288 g/mol. The summed E-state index contributed by atoms with van der Waals surface area (Å²) in [5, 5.41) is -1.08. The molecule has 0 aromatic heterocycles. The molecule has 1 atom stereocenters. The van der Waals surface area contributed by atoms with Gasteiger partial charge in [0.15, 0.2) is 11.5 Å². The van der Waals surface area contributed by atoms with Crippen LogP contribution in [-0.4, -0.2) is 20.4 Å². The number of benzene rings is 1. The average molecular weight is 301 g/mol. The first-order chi connectivity index (χ1) is 8.78. The smallest absolute Gasteiger partial charge is 0.389 e. The monoisotopic (exact) mass is 300 g/mol. The summed E-state index contributed by atoms with van der Waals surface area (Å²) in [7, 11) is 2.68. The van der Waals surface area contributed by atoms with Gasteiger partial charge >= 0.3 is 6.18 Å². The molecule has 0 aliphatic heterocycles. The van der Waals surface area contributed by atoms with Crippen LogP contribution in [0.2, 0.25) is 0 Å². The molecule has 1 rings (SSSR count). The van der Waals surface area contributed by atoms with E-state index in [9.17, 15) is 17.6 Å². The van der Waals surface area contributed by atoms with Crippen molar-refractivity contribution in [3.8, 4) is 11.5 Å². The molecular formula is C12H13ClF4O2. The van der Waals surface area contributed by atoms with Gasteiger partial charge in [0, 0.05) is 18.1 Å². The number of ether oxygens (including phenoxy) is 2. The molecule has 19 heavy (non-hydrogen) atoms. The molecule has 0 saturated heterocycles. The summed E-state index contributed by atoms with van der Waals surface area (Å²) in [4.78, 5) is 0. The van der Waals surface area contributed by atoms with Crippen molar-refractivity contribution in [2.24, 2.45) is 0 Å². The predicted octanol–water partition coefficient (Wildman–Crippen LogP) is 4.47.